The number of nitrogens with zero attached hydrogens (tertiary/aromatic N) is 2. The van der Waals surface area contributed by atoms with E-state index in [1.165, 1.54) is 7.11 Å². The zero-order chi connectivity index (χ0) is 33.9. The number of para-hydroxylation sites is 1. The maximum atomic E-state index is 13.8. The molecule has 1 aromatic heterocycles. The van der Waals surface area contributed by atoms with E-state index in [1.54, 1.807) is 6.07 Å². The molecule has 0 bridgehead atoms. The van der Waals surface area contributed by atoms with Gasteiger partial charge in [0.2, 0.25) is 15.9 Å². The van der Waals surface area contributed by atoms with Crippen molar-refractivity contribution in [2.24, 2.45) is 13.0 Å². The van der Waals surface area contributed by atoms with Crippen LogP contribution in [0.4, 0.5) is 11.4 Å². The second-order valence-electron chi connectivity index (χ2n) is 13.4. The molecule has 1 fully saturated rings. The SMILES string of the molecule is COc1c(NC(=O)c2cc3cccc(CN4CCC(C(=O)NCc5ccccc5)CC4)c3n2C)cc(C(C)(C)C)cc1NS(C)(=O)=O. The highest BCUT2D eigenvalue weighted by molar-refractivity contribution is 7.92. The minimum Gasteiger partial charge on any atom is -0.492 e. The second-order valence-corrected chi connectivity index (χ2v) is 15.1. The minimum absolute atomic E-state index is 0.00184. The minimum atomic E-state index is -3.60. The van der Waals surface area contributed by atoms with Crippen molar-refractivity contribution in [3.8, 4) is 5.75 Å². The summed E-state index contributed by atoms with van der Waals surface area (Å²) in [6.07, 6.45) is 2.67. The molecule has 0 saturated carbocycles. The van der Waals surface area contributed by atoms with Crippen LogP contribution < -0.4 is 20.1 Å². The normalized spacial score (nSPS) is 14.6. The number of piperidine rings is 1. The first-order valence-corrected chi connectivity index (χ1v) is 17.8. The molecule has 47 heavy (non-hydrogen) atoms. The average Bonchev–Trinajstić information content (AvgIpc) is 3.36. The molecular weight excluding hydrogens is 614 g/mol. The monoisotopic (exact) mass is 659 g/mol. The highest BCUT2D eigenvalue weighted by atomic mass is 32.2. The Hall–Kier alpha value is -4.35. The summed E-state index contributed by atoms with van der Waals surface area (Å²) < 4.78 is 34.3. The van der Waals surface area contributed by atoms with Gasteiger partial charge in [-0.15, -0.1) is 0 Å². The summed E-state index contributed by atoms with van der Waals surface area (Å²) in [5, 5.41) is 7.02. The van der Waals surface area contributed by atoms with Crippen molar-refractivity contribution in [2.45, 2.75) is 52.1 Å². The Morgan fingerprint density at radius 2 is 1.64 bits per heavy atom. The van der Waals surface area contributed by atoms with Gasteiger partial charge in [0.05, 0.1) is 30.3 Å². The number of methoxy groups -OCH3 is 1. The maximum Gasteiger partial charge on any atom is 0.272 e. The largest absolute Gasteiger partial charge is 0.492 e. The lowest BCUT2D eigenvalue weighted by molar-refractivity contribution is -0.126. The first kappa shape index (κ1) is 34.0. The van der Waals surface area contributed by atoms with Gasteiger partial charge >= 0.3 is 0 Å². The number of amides is 2. The van der Waals surface area contributed by atoms with Crippen LogP contribution in [-0.4, -0.2) is 56.2 Å². The number of anilines is 2. The molecule has 1 aliphatic heterocycles. The summed E-state index contributed by atoms with van der Waals surface area (Å²) in [5.41, 5.74) is 4.76. The van der Waals surface area contributed by atoms with Gasteiger partial charge in [-0.3, -0.25) is 19.2 Å². The van der Waals surface area contributed by atoms with Crippen LogP contribution in [0.3, 0.4) is 0 Å². The molecule has 0 unspecified atom stereocenters. The van der Waals surface area contributed by atoms with Crippen molar-refractivity contribution < 1.29 is 22.7 Å². The van der Waals surface area contributed by atoms with Gasteiger partial charge in [0, 0.05) is 31.4 Å². The molecular formula is C36H45N5O5S. The highest BCUT2D eigenvalue weighted by Gasteiger charge is 2.27. The van der Waals surface area contributed by atoms with E-state index in [0.29, 0.717) is 24.5 Å². The fourth-order valence-electron chi connectivity index (χ4n) is 6.21. The number of nitrogens with one attached hydrogen (secondary N) is 3. The van der Waals surface area contributed by atoms with Crippen LogP contribution in [0.5, 0.6) is 5.75 Å². The molecule has 3 N–H and O–H groups in total. The molecule has 0 radical (unpaired) electrons. The molecule has 3 aromatic carbocycles. The van der Waals surface area contributed by atoms with Gasteiger partial charge in [0.1, 0.15) is 5.69 Å². The Bertz CT molecular complexity index is 1870. The standard InChI is InChI=1S/C36H45N5O5S/c1-36(2,3)28-20-29(33(46-5)30(21-28)39-47(6,44)45)38-35(43)31-19-26-13-10-14-27(32(26)40(31)4)23-41-17-15-25(16-18-41)34(42)37-22-24-11-8-7-9-12-24/h7-14,19-21,25,39H,15-18,22-23H2,1-6H3,(H,37,42)(H,38,43). The Balaban J connectivity index is 1.32. The van der Waals surface area contributed by atoms with Gasteiger partial charge in [0.15, 0.2) is 5.75 Å². The van der Waals surface area contributed by atoms with Crippen LogP contribution in [0.15, 0.2) is 66.7 Å². The third-order valence-electron chi connectivity index (χ3n) is 8.74. The van der Waals surface area contributed by atoms with Crippen molar-refractivity contribution in [3.63, 3.8) is 0 Å². The van der Waals surface area contributed by atoms with E-state index in [4.69, 9.17) is 4.74 Å². The molecule has 1 saturated heterocycles. The van der Waals surface area contributed by atoms with Crippen LogP contribution in [0.2, 0.25) is 0 Å². The zero-order valence-electron chi connectivity index (χ0n) is 28.0. The number of hydrogen-bond donors (Lipinski definition) is 3. The van der Waals surface area contributed by atoms with Crippen molar-refractivity contribution in [3.05, 3.63) is 89.1 Å². The molecule has 4 aromatic rings. The number of sulfonamides is 1. The Labute approximate surface area is 277 Å². The fourth-order valence-corrected chi connectivity index (χ4v) is 6.76. The summed E-state index contributed by atoms with van der Waals surface area (Å²) in [4.78, 5) is 29.0. The number of aryl methyl sites for hydroxylation is 1. The average molecular weight is 660 g/mol. The van der Waals surface area contributed by atoms with E-state index in [0.717, 1.165) is 59.8 Å². The van der Waals surface area contributed by atoms with Crippen molar-refractivity contribution >= 4 is 44.1 Å². The van der Waals surface area contributed by atoms with E-state index in [-0.39, 0.29) is 34.6 Å². The summed E-state index contributed by atoms with van der Waals surface area (Å²) in [5.74, 6) is -0.00406. The van der Waals surface area contributed by atoms with E-state index >= 15 is 0 Å². The molecule has 2 amide bonds. The topological polar surface area (TPSA) is 122 Å². The molecule has 0 aliphatic carbocycles. The molecule has 0 atom stereocenters. The van der Waals surface area contributed by atoms with Gasteiger partial charge in [-0.25, -0.2) is 8.42 Å². The lowest BCUT2D eigenvalue weighted by Gasteiger charge is -2.31. The third kappa shape index (κ3) is 8.15. The van der Waals surface area contributed by atoms with Gasteiger partial charge in [-0.2, -0.15) is 0 Å². The second kappa shape index (κ2) is 13.8. The number of carbonyl (C=O) groups excluding carboxylic acids is 2. The number of carbonyl (C=O) groups is 2. The summed E-state index contributed by atoms with van der Waals surface area (Å²) in [6.45, 7) is 8.91. The van der Waals surface area contributed by atoms with Gasteiger partial charge in [0.25, 0.3) is 5.91 Å². The van der Waals surface area contributed by atoms with Crippen LogP contribution >= 0.6 is 0 Å². The van der Waals surface area contributed by atoms with E-state index < -0.39 is 10.0 Å². The molecule has 250 valence electrons. The zero-order valence-corrected chi connectivity index (χ0v) is 28.8. The van der Waals surface area contributed by atoms with E-state index in [2.05, 4.69) is 26.3 Å². The lowest BCUT2D eigenvalue weighted by atomic mass is 9.86. The third-order valence-corrected chi connectivity index (χ3v) is 9.33. The molecule has 2 heterocycles. The lowest BCUT2D eigenvalue weighted by Crippen LogP contribution is -2.40. The van der Waals surface area contributed by atoms with E-state index in [9.17, 15) is 18.0 Å². The Morgan fingerprint density at radius 1 is 0.957 bits per heavy atom. The molecule has 10 nitrogen and oxygen atoms in total. The molecule has 5 rings (SSSR count). The molecule has 0 spiro atoms. The fraction of sp³-hybridized carbons (Fsp3) is 0.389. The predicted octanol–water partition coefficient (Wildman–Crippen LogP) is 5.64. The number of fused-ring (bicyclic) bond motifs is 1. The summed E-state index contributed by atoms with van der Waals surface area (Å²) >= 11 is 0. The van der Waals surface area contributed by atoms with Crippen LogP contribution in [0.1, 0.15) is 60.8 Å². The van der Waals surface area contributed by atoms with E-state index in [1.807, 2.05) is 87.0 Å². The number of ether oxygens (including phenoxy) is 1. The number of likely N-dealkylation sites (tertiary alicyclic amines) is 1. The highest BCUT2D eigenvalue weighted by Crippen LogP contribution is 2.39. The Morgan fingerprint density at radius 3 is 2.28 bits per heavy atom. The number of rotatable bonds is 10. The smallest absolute Gasteiger partial charge is 0.272 e. The number of aromatic nitrogens is 1. The van der Waals surface area contributed by atoms with Gasteiger partial charge < -0.3 is 19.9 Å². The van der Waals surface area contributed by atoms with Crippen LogP contribution in [0, 0.1) is 5.92 Å². The summed E-state index contributed by atoms with van der Waals surface area (Å²) in [7, 11) is -0.281. The van der Waals surface area contributed by atoms with Crippen molar-refractivity contribution in [1.82, 2.24) is 14.8 Å². The van der Waals surface area contributed by atoms with Crippen molar-refractivity contribution in [1.29, 1.82) is 0 Å². The van der Waals surface area contributed by atoms with Gasteiger partial charge in [-0.05, 0) is 66.2 Å². The number of hydrogen-bond acceptors (Lipinski definition) is 6. The Kier molecular flexibility index (Phi) is 9.97. The quantitative estimate of drug-likeness (QED) is 0.203. The molecule has 11 heteroatoms. The predicted molar refractivity (Wildman–Crippen MR) is 187 cm³/mol. The summed E-state index contributed by atoms with van der Waals surface area (Å²) in [6, 6.07) is 21.4. The maximum absolute atomic E-state index is 13.8. The van der Waals surface area contributed by atoms with Crippen molar-refractivity contribution in [2.75, 3.05) is 36.5 Å². The van der Waals surface area contributed by atoms with Crippen LogP contribution in [0.25, 0.3) is 10.9 Å². The number of benzene rings is 3. The van der Waals surface area contributed by atoms with Crippen LogP contribution in [-0.2, 0) is 40.4 Å². The first-order chi connectivity index (χ1) is 22.2. The first-order valence-electron chi connectivity index (χ1n) is 15.9. The van der Waals surface area contributed by atoms with Gasteiger partial charge in [-0.1, -0.05) is 69.3 Å². The molecule has 1 aliphatic rings.